The highest BCUT2D eigenvalue weighted by Crippen LogP contribution is 1.92. The number of halogens is 1. The monoisotopic (exact) mass is 168 g/mol. The number of carbonyl (C=O) groups excluding carboxylic acids is 1. The van der Waals surface area contributed by atoms with Crippen LogP contribution in [0.25, 0.3) is 0 Å². The zero-order valence-electron chi connectivity index (χ0n) is 5.15. The lowest BCUT2D eigenvalue weighted by atomic mass is 10.6. The van der Waals surface area contributed by atoms with E-state index in [1.54, 1.807) is 0 Å². The van der Waals surface area contributed by atoms with Gasteiger partial charge in [-0.2, -0.15) is 9.98 Å². The number of urea groups is 1. The van der Waals surface area contributed by atoms with Crippen molar-refractivity contribution in [1.29, 1.82) is 0 Å². The Kier molecular flexibility index (Phi) is 1.19. The molecule has 1 aliphatic rings. The maximum absolute atomic E-state index is 10.6. The molecule has 0 aromatic carbocycles. The van der Waals surface area contributed by atoms with Gasteiger partial charge in [0.1, 0.15) is 6.33 Å². The Morgan fingerprint density at radius 2 is 2.09 bits per heavy atom. The first-order chi connectivity index (χ1) is 5.27. The highest BCUT2D eigenvalue weighted by Gasteiger charge is 2.08. The van der Waals surface area contributed by atoms with E-state index in [4.69, 9.17) is 11.6 Å². The van der Waals surface area contributed by atoms with Crippen LogP contribution >= 0.6 is 11.6 Å². The maximum atomic E-state index is 10.6. The Morgan fingerprint density at radius 3 is 2.82 bits per heavy atom. The first-order valence-electron chi connectivity index (χ1n) is 2.75. The minimum absolute atomic E-state index is 0.157. The Labute approximate surface area is 65.5 Å². The molecule has 2 heterocycles. The Bertz CT molecular complexity index is 440. The second-order valence-electron chi connectivity index (χ2n) is 1.84. The van der Waals surface area contributed by atoms with E-state index in [0.29, 0.717) is 0 Å². The fraction of sp³-hybridized carbons (Fsp3) is 0. The van der Waals surface area contributed by atoms with Crippen molar-refractivity contribution < 1.29 is 4.79 Å². The molecule has 0 fully saturated rings. The van der Waals surface area contributed by atoms with Crippen LogP contribution in [0.3, 0.4) is 0 Å². The summed E-state index contributed by atoms with van der Waals surface area (Å²) in [4.78, 5) is 24.9. The molecule has 54 valence electrons. The number of nitrogens with zero attached hydrogens (tertiary/aromatic N) is 4. The molecule has 2 rings (SSSR count). The Hall–Kier alpha value is -1.36. The molecule has 11 heavy (non-hydrogen) atoms. The number of carbonyl (C=O) groups is 1. The van der Waals surface area contributed by atoms with E-state index < -0.39 is 6.03 Å². The molecule has 1 aromatic heterocycles. The smallest absolute Gasteiger partial charge is 0.244 e. The molecule has 2 amide bonds. The third-order valence-electron chi connectivity index (χ3n) is 1.17. The molecule has 0 N–H and O–H groups in total. The van der Waals surface area contributed by atoms with Crippen LogP contribution in [0.4, 0.5) is 4.79 Å². The van der Waals surface area contributed by atoms with Crippen molar-refractivity contribution >= 4 is 17.6 Å². The summed E-state index contributed by atoms with van der Waals surface area (Å²) in [5.74, 6) is 0. The third-order valence-corrected chi connectivity index (χ3v) is 1.44. The summed E-state index contributed by atoms with van der Waals surface area (Å²) >= 11 is 5.58. The molecule has 0 radical (unpaired) electrons. The molecule has 1 aromatic rings. The van der Waals surface area contributed by atoms with Crippen LogP contribution < -0.4 is 10.8 Å². The standard InChI is InChI=1S/C5HClN4O/c6-3-2-4(8-1-7-3)10-5(11)9-2/h1H. The quantitative estimate of drug-likeness (QED) is 0.491. The molecular formula is C5HClN4O. The van der Waals surface area contributed by atoms with Crippen molar-refractivity contribution in [3.63, 3.8) is 0 Å². The predicted molar refractivity (Wildman–Crippen MR) is 34.8 cm³/mol. The summed E-state index contributed by atoms with van der Waals surface area (Å²) in [5.41, 5.74) is 0.245. The van der Waals surface area contributed by atoms with Crippen LogP contribution in [0.5, 0.6) is 0 Å². The van der Waals surface area contributed by atoms with Crippen molar-refractivity contribution in [2.75, 3.05) is 0 Å². The van der Waals surface area contributed by atoms with Gasteiger partial charge in [-0.3, -0.25) is 0 Å². The lowest BCUT2D eigenvalue weighted by molar-refractivity contribution is 0.256. The van der Waals surface area contributed by atoms with Crippen molar-refractivity contribution in [3.8, 4) is 0 Å². The van der Waals surface area contributed by atoms with Gasteiger partial charge in [0.05, 0.1) is 0 Å². The number of aromatic nitrogens is 2. The molecule has 0 saturated carbocycles. The summed E-state index contributed by atoms with van der Waals surface area (Å²) in [6.45, 7) is 0. The molecule has 1 aliphatic heterocycles. The van der Waals surface area contributed by atoms with Crippen molar-refractivity contribution in [3.05, 3.63) is 22.3 Å². The van der Waals surface area contributed by atoms with Crippen LogP contribution in [-0.2, 0) is 0 Å². The van der Waals surface area contributed by atoms with E-state index in [1.807, 2.05) is 0 Å². The summed E-state index contributed by atoms with van der Waals surface area (Å²) in [6.07, 6.45) is 1.23. The number of fused-ring (bicyclic) bond motifs is 1. The van der Waals surface area contributed by atoms with Gasteiger partial charge in [-0.1, -0.05) is 11.6 Å². The van der Waals surface area contributed by atoms with Crippen LogP contribution in [0, 0.1) is 0 Å². The Balaban J connectivity index is 2.97. The van der Waals surface area contributed by atoms with Gasteiger partial charge in [0.15, 0.2) is 16.0 Å². The van der Waals surface area contributed by atoms with Crippen LogP contribution in [0.2, 0.25) is 5.15 Å². The minimum Gasteiger partial charge on any atom is -0.244 e. The number of rotatable bonds is 0. The van der Waals surface area contributed by atoms with E-state index in [-0.39, 0.29) is 16.0 Å². The van der Waals surface area contributed by atoms with Gasteiger partial charge in [-0.05, 0) is 0 Å². The Morgan fingerprint density at radius 1 is 1.27 bits per heavy atom. The molecule has 0 atom stereocenters. The van der Waals surface area contributed by atoms with Crippen LogP contribution in [0.15, 0.2) is 16.3 Å². The molecule has 0 saturated heterocycles. The number of hydrogen-bond donors (Lipinski definition) is 0. The second kappa shape index (κ2) is 2.06. The summed E-state index contributed by atoms with van der Waals surface area (Å²) in [6, 6.07) is -0.581. The lowest BCUT2D eigenvalue weighted by Crippen LogP contribution is -2.27. The van der Waals surface area contributed by atoms with Gasteiger partial charge < -0.3 is 0 Å². The largest absolute Gasteiger partial charge is 0.369 e. The zero-order valence-corrected chi connectivity index (χ0v) is 5.91. The molecule has 0 unspecified atom stereocenters. The predicted octanol–water partition coefficient (Wildman–Crippen LogP) is -0.497. The molecule has 5 nitrogen and oxygen atoms in total. The zero-order chi connectivity index (χ0) is 7.84. The summed E-state index contributed by atoms with van der Waals surface area (Å²) in [7, 11) is 0. The van der Waals surface area contributed by atoms with E-state index in [1.165, 1.54) is 6.33 Å². The van der Waals surface area contributed by atoms with Gasteiger partial charge in [-0.25, -0.2) is 14.8 Å². The molecular weight excluding hydrogens is 168 g/mol. The normalized spacial score (nSPS) is 13.7. The topological polar surface area (TPSA) is 67.6 Å². The van der Waals surface area contributed by atoms with E-state index >= 15 is 0 Å². The fourth-order valence-electron chi connectivity index (χ4n) is 0.738. The van der Waals surface area contributed by atoms with Gasteiger partial charge in [0.25, 0.3) is 0 Å². The highest BCUT2D eigenvalue weighted by atomic mass is 35.5. The summed E-state index contributed by atoms with van der Waals surface area (Å²) < 4.78 is 0. The van der Waals surface area contributed by atoms with Gasteiger partial charge >= 0.3 is 6.03 Å². The number of hydrogen-bond acceptors (Lipinski definition) is 3. The van der Waals surface area contributed by atoms with E-state index in [9.17, 15) is 4.79 Å². The lowest BCUT2D eigenvalue weighted by Gasteiger charge is -1.82. The first kappa shape index (κ1) is 6.36. The SMILES string of the molecule is O=C1N=c2ncnc(Cl)c2=N1. The molecule has 0 bridgehead atoms. The van der Waals surface area contributed by atoms with E-state index in [0.717, 1.165) is 0 Å². The van der Waals surface area contributed by atoms with Gasteiger partial charge in [0, 0.05) is 0 Å². The van der Waals surface area contributed by atoms with Gasteiger partial charge in [-0.15, -0.1) is 0 Å². The molecule has 0 spiro atoms. The molecule has 0 aliphatic carbocycles. The van der Waals surface area contributed by atoms with E-state index in [2.05, 4.69) is 20.0 Å². The van der Waals surface area contributed by atoms with Crippen molar-refractivity contribution in [2.24, 2.45) is 9.98 Å². The fourth-order valence-corrected chi connectivity index (χ4v) is 0.908. The molecule has 6 heteroatoms. The average molecular weight is 169 g/mol. The minimum atomic E-state index is -0.581. The van der Waals surface area contributed by atoms with Crippen LogP contribution in [0.1, 0.15) is 0 Å². The first-order valence-corrected chi connectivity index (χ1v) is 3.13. The maximum Gasteiger partial charge on any atom is 0.369 e. The van der Waals surface area contributed by atoms with Crippen LogP contribution in [-0.4, -0.2) is 16.0 Å². The summed E-state index contributed by atoms with van der Waals surface area (Å²) in [5, 5.41) is 0.420. The van der Waals surface area contributed by atoms with Crippen molar-refractivity contribution in [1.82, 2.24) is 9.97 Å². The number of amides is 2. The average Bonchev–Trinajstić information content (AvgIpc) is 2.31. The third kappa shape index (κ3) is 0.894. The van der Waals surface area contributed by atoms with Gasteiger partial charge in [0.2, 0.25) is 0 Å². The second-order valence-corrected chi connectivity index (χ2v) is 2.20. The highest BCUT2D eigenvalue weighted by molar-refractivity contribution is 6.29. The van der Waals surface area contributed by atoms with Crippen molar-refractivity contribution in [2.45, 2.75) is 0 Å².